The molecule has 0 bridgehead atoms. The van der Waals surface area contributed by atoms with Crippen LogP contribution in [-0.4, -0.2) is 11.8 Å². The molecule has 0 radical (unpaired) electrons. The summed E-state index contributed by atoms with van der Waals surface area (Å²) in [6.45, 7) is 3.34. The van der Waals surface area contributed by atoms with Crippen LogP contribution < -0.4 is 10.6 Å². The maximum Gasteiger partial charge on any atom is 0.255 e. The first-order valence-corrected chi connectivity index (χ1v) is 7.21. The van der Waals surface area contributed by atoms with Crippen molar-refractivity contribution in [1.29, 1.82) is 0 Å². The van der Waals surface area contributed by atoms with Gasteiger partial charge in [-0.1, -0.05) is 22.0 Å². The smallest absolute Gasteiger partial charge is 0.255 e. The summed E-state index contributed by atoms with van der Waals surface area (Å²) in [4.78, 5) is 23.2. The van der Waals surface area contributed by atoms with E-state index >= 15 is 0 Å². The lowest BCUT2D eigenvalue weighted by Crippen LogP contribution is -2.13. The Hall–Kier alpha value is -2.14. The van der Waals surface area contributed by atoms with Crippen LogP contribution in [-0.2, 0) is 4.79 Å². The number of halogens is 1. The Kier molecular flexibility index (Phi) is 4.75. The maximum absolute atomic E-state index is 12.2. The van der Waals surface area contributed by atoms with Crippen molar-refractivity contribution >= 4 is 39.1 Å². The third-order valence-corrected chi connectivity index (χ3v) is 3.83. The van der Waals surface area contributed by atoms with Gasteiger partial charge in [0.05, 0.1) is 0 Å². The van der Waals surface area contributed by atoms with Crippen LogP contribution in [0.1, 0.15) is 22.8 Å². The van der Waals surface area contributed by atoms with Crippen LogP contribution in [0.25, 0.3) is 0 Å². The molecule has 2 aromatic carbocycles. The van der Waals surface area contributed by atoms with Gasteiger partial charge in [0.15, 0.2) is 0 Å². The van der Waals surface area contributed by atoms with Gasteiger partial charge in [0.1, 0.15) is 0 Å². The highest BCUT2D eigenvalue weighted by Gasteiger charge is 2.10. The van der Waals surface area contributed by atoms with Crippen molar-refractivity contribution in [3.8, 4) is 0 Å². The van der Waals surface area contributed by atoms with Crippen molar-refractivity contribution < 1.29 is 9.59 Å². The molecule has 0 atom stereocenters. The Bertz CT molecular complexity index is 681. The van der Waals surface area contributed by atoms with Crippen molar-refractivity contribution in [2.45, 2.75) is 13.8 Å². The highest BCUT2D eigenvalue weighted by atomic mass is 79.9. The van der Waals surface area contributed by atoms with E-state index in [-0.39, 0.29) is 11.8 Å². The summed E-state index contributed by atoms with van der Waals surface area (Å²) >= 11 is 3.41. The van der Waals surface area contributed by atoms with E-state index in [9.17, 15) is 9.59 Å². The Morgan fingerprint density at radius 1 is 0.952 bits per heavy atom. The lowest BCUT2D eigenvalue weighted by Gasteiger charge is -2.09. The summed E-state index contributed by atoms with van der Waals surface area (Å²) in [6.07, 6.45) is 0. The molecule has 0 fully saturated rings. The van der Waals surface area contributed by atoms with Gasteiger partial charge in [0.25, 0.3) is 5.91 Å². The monoisotopic (exact) mass is 346 g/mol. The second kappa shape index (κ2) is 6.54. The second-order valence-electron chi connectivity index (χ2n) is 4.63. The summed E-state index contributed by atoms with van der Waals surface area (Å²) in [6, 6.07) is 12.5. The maximum atomic E-state index is 12.2. The first-order chi connectivity index (χ1) is 9.97. The molecule has 5 heteroatoms. The van der Waals surface area contributed by atoms with Gasteiger partial charge >= 0.3 is 0 Å². The predicted molar refractivity (Wildman–Crippen MR) is 87.6 cm³/mol. The van der Waals surface area contributed by atoms with Gasteiger partial charge in [0.2, 0.25) is 5.91 Å². The zero-order valence-corrected chi connectivity index (χ0v) is 13.3. The fraction of sp³-hybridized carbons (Fsp3) is 0.125. The average molecular weight is 347 g/mol. The van der Waals surface area contributed by atoms with Crippen LogP contribution in [0.4, 0.5) is 11.4 Å². The number of carbonyl (C=O) groups is 2. The minimum Gasteiger partial charge on any atom is -0.326 e. The summed E-state index contributed by atoms with van der Waals surface area (Å²) in [5.74, 6) is -0.294. The van der Waals surface area contributed by atoms with Gasteiger partial charge in [-0.25, -0.2) is 0 Å². The van der Waals surface area contributed by atoms with Gasteiger partial charge in [-0.05, 0) is 48.9 Å². The van der Waals surface area contributed by atoms with Crippen molar-refractivity contribution in [3.05, 3.63) is 58.1 Å². The minimum atomic E-state index is -0.166. The molecular formula is C16H15BrN2O2. The Labute approximate surface area is 131 Å². The molecule has 0 aliphatic rings. The van der Waals surface area contributed by atoms with Crippen LogP contribution in [0.2, 0.25) is 0 Å². The molecule has 2 aromatic rings. The summed E-state index contributed by atoms with van der Waals surface area (Å²) in [5.41, 5.74) is 2.88. The van der Waals surface area contributed by atoms with Crippen LogP contribution in [0.3, 0.4) is 0 Å². The van der Waals surface area contributed by atoms with Gasteiger partial charge in [0, 0.05) is 28.3 Å². The Morgan fingerprint density at radius 3 is 2.10 bits per heavy atom. The summed E-state index contributed by atoms with van der Waals surface area (Å²) in [7, 11) is 0. The highest BCUT2D eigenvalue weighted by molar-refractivity contribution is 9.10. The van der Waals surface area contributed by atoms with Gasteiger partial charge < -0.3 is 10.6 Å². The molecule has 0 aromatic heterocycles. The molecule has 0 aliphatic carbocycles. The van der Waals surface area contributed by atoms with Gasteiger partial charge in [-0.3, -0.25) is 9.59 Å². The first-order valence-electron chi connectivity index (χ1n) is 6.41. The molecule has 2 amide bonds. The predicted octanol–water partition coefficient (Wildman–Crippen LogP) is 3.97. The minimum absolute atomic E-state index is 0.128. The molecule has 0 saturated heterocycles. The number of amides is 2. The largest absolute Gasteiger partial charge is 0.326 e. The molecule has 0 spiro atoms. The lowest BCUT2D eigenvalue weighted by molar-refractivity contribution is -0.114. The Balaban J connectivity index is 2.12. The summed E-state index contributed by atoms with van der Waals surface area (Å²) in [5, 5.41) is 5.51. The lowest BCUT2D eigenvalue weighted by atomic mass is 10.1. The number of hydrogen-bond donors (Lipinski definition) is 2. The number of carbonyl (C=O) groups excluding carboxylic acids is 2. The van der Waals surface area contributed by atoms with E-state index in [0.717, 1.165) is 10.0 Å². The van der Waals surface area contributed by atoms with Crippen molar-refractivity contribution in [3.63, 3.8) is 0 Å². The fourth-order valence-corrected chi connectivity index (χ4v) is 2.26. The van der Waals surface area contributed by atoms with Crippen LogP contribution in [0.15, 0.2) is 46.9 Å². The second-order valence-corrected chi connectivity index (χ2v) is 5.48. The average Bonchev–Trinajstić information content (AvgIpc) is 2.43. The van der Waals surface area contributed by atoms with Crippen molar-refractivity contribution in [1.82, 2.24) is 0 Å². The van der Waals surface area contributed by atoms with E-state index in [0.29, 0.717) is 16.9 Å². The SMILES string of the molecule is CC(=O)Nc1ccc(NC(=O)c2cccc(Br)c2C)cc1. The van der Waals surface area contributed by atoms with E-state index in [4.69, 9.17) is 0 Å². The molecule has 108 valence electrons. The molecule has 4 nitrogen and oxygen atoms in total. The standard InChI is InChI=1S/C16H15BrN2O2/c1-10-14(4-3-5-15(10)17)16(21)19-13-8-6-12(7-9-13)18-11(2)20/h3-9H,1-2H3,(H,18,20)(H,19,21). The Morgan fingerprint density at radius 2 is 1.52 bits per heavy atom. The fourth-order valence-electron chi connectivity index (χ4n) is 1.89. The third-order valence-electron chi connectivity index (χ3n) is 2.98. The molecule has 21 heavy (non-hydrogen) atoms. The highest BCUT2D eigenvalue weighted by Crippen LogP contribution is 2.21. The number of nitrogens with one attached hydrogen (secondary N) is 2. The molecule has 0 saturated carbocycles. The van der Waals surface area contributed by atoms with Crippen LogP contribution >= 0.6 is 15.9 Å². The third kappa shape index (κ3) is 3.92. The van der Waals surface area contributed by atoms with E-state index < -0.39 is 0 Å². The van der Waals surface area contributed by atoms with Crippen molar-refractivity contribution in [2.24, 2.45) is 0 Å². The zero-order chi connectivity index (χ0) is 15.4. The number of hydrogen-bond acceptors (Lipinski definition) is 2. The summed E-state index contributed by atoms with van der Waals surface area (Å²) < 4.78 is 0.899. The van der Waals surface area contributed by atoms with Crippen LogP contribution in [0, 0.1) is 6.92 Å². The molecule has 0 unspecified atom stereocenters. The topological polar surface area (TPSA) is 58.2 Å². The van der Waals surface area contributed by atoms with E-state index in [1.165, 1.54) is 6.92 Å². The van der Waals surface area contributed by atoms with Crippen LogP contribution in [0.5, 0.6) is 0 Å². The van der Waals surface area contributed by atoms with Gasteiger partial charge in [-0.15, -0.1) is 0 Å². The van der Waals surface area contributed by atoms with E-state index in [1.807, 2.05) is 19.1 Å². The number of benzene rings is 2. The van der Waals surface area contributed by atoms with Crippen molar-refractivity contribution in [2.75, 3.05) is 10.6 Å². The molecule has 0 aliphatic heterocycles. The number of anilines is 2. The molecule has 2 N–H and O–H groups in total. The molecule has 0 heterocycles. The van der Waals surface area contributed by atoms with E-state index in [2.05, 4.69) is 26.6 Å². The number of rotatable bonds is 3. The molecule has 2 rings (SSSR count). The zero-order valence-electron chi connectivity index (χ0n) is 11.7. The van der Waals surface area contributed by atoms with E-state index in [1.54, 1.807) is 30.3 Å². The van der Waals surface area contributed by atoms with Gasteiger partial charge in [-0.2, -0.15) is 0 Å². The molecular weight excluding hydrogens is 332 g/mol. The normalized spacial score (nSPS) is 10.0. The quantitative estimate of drug-likeness (QED) is 0.883. The first kappa shape index (κ1) is 15.3.